The van der Waals surface area contributed by atoms with Crippen molar-refractivity contribution < 1.29 is 36.4 Å². The second-order valence-electron chi connectivity index (χ2n) is 7.84. The molecule has 0 aliphatic rings. The Morgan fingerprint density at radius 3 is 2.22 bits per heavy atom. The monoisotopic (exact) mass is 538 g/mol. The molecule has 32 heavy (non-hydrogen) atoms. The van der Waals surface area contributed by atoms with E-state index < -0.39 is 47.9 Å². The number of carbonyl (C=O) groups is 1. The molecule has 0 saturated heterocycles. The summed E-state index contributed by atoms with van der Waals surface area (Å²) >= 11 is 3.29. The van der Waals surface area contributed by atoms with Gasteiger partial charge in [-0.15, -0.1) is 0 Å². The first kappa shape index (κ1) is 25.6. The number of hydrogen-bond acceptors (Lipinski definition) is 6. The van der Waals surface area contributed by atoms with Crippen molar-refractivity contribution in [1.82, 2.24) is 0 Å². The molecule has 0 heterocycles. The van der Waals surface area contributed by atoms with Gasteiger partial charge in [0.15, 0.2) is 0 Å². The van der Waals surface area contributed by atoms with Crippen molar-refractivity contribution >= 4 is 43.0 Å². The maximum Gasteiger partial charge on any atom is 0.501 e. The van der Waals surface area contributed by atoms with Crippen LogP contribution in [0.15, 0.2) is 33.6 Å². The maximum atomic E-state index is 12.9. The van der Waals surface area contributed by atoms with Gasteiger partial charge in [0.2, 0.25) is 0 Å². The lowest BCUT2D eigenvalue weighted by molar-refractivity contribution is -0.384. The molecule has 2 aromatic rings. The van der Waals surface area contributed by atoms with Crippen LogP contribution in [0, 0.1) is 17.0 Å². The van der Waals surface area contributed by atoms with Crippen LogP contribution >= 0.6 is 15.9 Å². The molecule has 0 bridgehead atoms. The van der Waals surface area contributed by atoms with Gasteiger partial charge in [-0.2, -0.15) is 13.2 Å². The van der Waals surface area contributed by atoms with E-state index in [1.807, 2.05) is 0 Å². The number of nitro benzene ring substituents is 1. The van der Waals surface area contributed by atoms with Crippen LogP contribution < -0.4 is 5.32 Å². The van der Waals surface area contributed by atoms with Crippen LogP contribution in [0.2, 0.25) is 0 Å². The summed E-state index contributed by atoms with van der Waals surface area (Å²) in [5.41, 5.74) is -7.33. The van der Waals surface area contributed by atoms with E-state index in [0.29, 0.717) is 27.7 Å². The number of hydrogen-bond donors (Lipinski definition) is 2. The van der Waals surface area contributed by atoms with Gasteiger partial charge in [-0.25, -0.2) is 8.42 Å². The molecule has 174 valence electrons. The number of nitrogens with zero attached hydrogens (tertiary/aromatic N) is 1. The van der Waals surface area contributed by atoms with Crippen molar-refractivity contribution in [3.63, 3.8) is 0 Å². The molecular weight excluding hydrogens is 521 g/mol. The topological polar surface area (TPSA) is 127 Å². The van der Waals surface area contributed by atoms with E-state index in [4.69, 9.17) is 0 Å². The quantitative estimate of drug-likeness (QED) is 0.406. The number of benzene rings is 2. The van der Waals surface area contributed by atoms with E-state index in [0.717, 1.165) is 0 Å². The number of anilines is 1. The number of carbonyl (C=O) groups excluding carboxylic acids is 1. The van der Waals surface area contributed by atoms with Crippen molar-refractivity contribution in [1.29, 1.82) is 0 Å². The lowest BCUT2D eigenvalue weighted by Crippen LogP contribution is -2.23. The number of halogens is 4. The highest BCUT2D eigenvalue weighted by molar-refractivity contribution is 9.10. The third-order valence-corrected chi connectivity index (χ3v) is 6.87. The number of phenols is 1. The zero-order valence-corrected chi connectivity index (χ0v) is 19.6. The highest BCUT2D eigenvalue weighted by Crippen LogP contribution is 2.40. The van der Waals surface area contributed by atoms with E-state index in [9.17, 15) is 41.6 Å². The Hall–Kier alpha value is -2.67. The minimum Gasteiger partial charge on any atom is -0.507 e. The standard InChI is InChI=1S/C19H18BrF3N2O6S/c1-9-12(20)8-11(18(2,3)4)16(26)15(9)17(27)24-13-6-5-10(7-14(13)25(28)29)32(30,31)19(21,22)23/h5-8,26H,1-4H3,(H,24,27). The number of alkyl halides is 3. The molecule has 0 aromatic heterocycles. The second-order valence-corrected chi connectivity index (χ2v) is 10.6. The Balaban J connectivity index is 2.61. The van der Waals surface area contributed by atoms with E-state index in [-0.39, 0.29) is 17.4 Å². The average molecular weight is 539 g/mol. The molecule has 0 atom stereocenters. The molecular formula is C19H18BrF3N2O6S. The smallest absolute Gasteiger partial charge is 0.501 e. The Bertz CT molecular complexity index is 1220. The molecule has 8 nitrogen and oxygen atoms in total. The van der Waals surface area contributed by atoms with Crippen molar-refractivity contribution in [2.75, 3.05) is 5.32 Å². The number of sulfone groups is 1. The Kier molecular flexibility index (Phi) is 6.68. The number of amides is 1. The third-order valence-electron chi connectivity index (χ3n) is 4.56. The van der Waals surface area contributed by atoms with Gasteiger partial charge in [0.25, 0.3) is 21.4 Å². The van der Waals surface area contributed by atoms with Crippen molar-refractivity contribution in [3.8, 4) is 5.75 Å². The molecule has 0 aliphatic heterocycles. The molecule has 0 saturated carbocycles. The summed E-state index contributed by atoms with van der Waals surface area (Å²) in [4.78, 5) is 21.8. The maximum absolute atomic E-state index is 12.9. The minimum atomic E-state index is -5.83. The van der Waals surface area contributed by atoms with Crippen molar-refractivity contribution in [2.24, 2.45) is 0 Å². The number of aromatic hydroxyl groups is 1. The number of phenolic OH excluding ortho intramolecular Hbond substituents is 1. The zero-order chi connectivity index (χ0) is 24.8. The van der Waals surface area contributed by atoms with Crippen LogP contribution in [-0.4, -0.2) is 29.9 Å². The number of nitro groups is 1. The highest BCUT2D eigenvalue weighted by Gasteiger charge is 2.47. The van der Waals surface area contributed by atoms with E-state index >= 15 is 0 Å². The van der Waals surface area contributed by atoms with E-state index in [2.05, 4.69) is 21.2 Å². The molecule has 1 amide bonds. The molecule has 2 rings (SSSR count). The Morgan fingerprint density at radius 1 is 1.19 bits per heavy atom. The summed E-state index contributed by atoms with van der Waals surface area (Å²) in [7, 11) is -5.83. The Labute approximate surface area is 189 Å². The average Bonchev–Trinajstić information content (AvgIpc) is 2.62. The molecule has 0 unspecified atom stereocenters. The van der Waals surface area contributed by atoms with Gasteiger partial charge in [-0.3, -0.25) is 14.9 Å². The van der Waals surface area contributed by atoms with Crippen LogP contribution in [0.5, 0.6) is 5.75 Å². The lowest BCUT2D eigenvalue weighted by Gasteiger charge is -2.23. The fraction of sp³-hybridized carbons (Fsp3) is 0.316. The van der Waals surface area contributed by atoms with Crippen LogP contribution in [0.3, 0.4) is 0 Å². The van der Waals surface area contributed by atoms with Gasteiger partial charge >= 0.3 is 5.51 Å². The molecule has 2 N–H and O–H groups in total. The summed E-state index contributed by atoms with van der Waals surface area (Å²) in [5, 5.41) is 24.2. The van der Waals surface area contributed by atoms with Gasteiger partial charge in [-0.05, 0) is 36.1 Å². The highest BCUT2D eigenvalue weighted by atomic mass is 79.9. The zero-order valence-electron chi connectivity index (χ0n) is 17.2. The summed E-state index contributed by atoms with van der Waals surface area (Å²) in [6.45, 7) is 6.88. The van der Waals surface area contributed by atoms with Gasteiger partial charge < -0.3 is 10.4 Å². The van der Waals surface area contributed by atoms with Crippen LogP contribution in [0.4, 0.5) is 24.5 Å². The summed E-state index contributed by atoms with van der Waals surface area (Å²) in [6, 6.07) is 3.02. The largest absolute Gasteiger partial charge is 0.507 e. The summed E-state index contributed by atoms with van der Waals surface area (Å²) < 4.78 is 62.0. The molecule has 0 aliphatic carbocycles. The third kappa shape index (κ3) is 4.72. The lowest BCUT2D eigenvalue weighted by atomic mass is 9.84. The number of rotatable bonds is 4. The van der Waals surface area contributed by atoms with Crippen molar-refractivity contribution in [2.45, 2.75) is 43.5 Å². The molecule has 0 spiro atoms. The first-order valence-electron chi connectivity index (χ1n) is 8.83. The molecule has 2 aromatic carbocycles. The van der Waals surface area contributed by atoms with Crippen LogP contribution in [-0.2, 0) is 15.3 Å². The minimum absolute atomic E-state index is 0.203. The SMILES string of the molecule is Cc1c(Br)cc(C(C)(C)C)c(O)c1C(=O)Nc1ccc(S(=O)(=O)C(F)(F)F)cc1[N+](=O)[O-]. The molecule has 0 fully saturated rings. The predicted molar refractivity (Wildman–Crippen MR) is 114 cm³/mol. The van der Waals surface area contributed by atoms with E-state index in [1.165, 1.54) is 6.92 Å². The van der Waals surface area contributed by atoms with Crippen LogP contribution in [0.1, 0.15) is 42.3 Å². The Morgan fingerprint density at radius 2 is 1.75 bits per heavy atom. The van der Waals surface area contributed by atoms with Gasteiger partial charge in [0.1, 0.15) is 11.4 Å². The molecule has 13 heteroatoms. The summed E-state index contributed by atoms with van der Waals surface area (Å²) in [5.74, 6) is -1.34. The normalized spacial score (nSPS) is 12.5. The van der Waals surface area contributed by atoms with Crippen molar-refractivity contribution in [3.05, 3.63) is 55.5 Å². The van der Waals surface area contributed by atoms with Gasteiger partial charge in [0.05, 0.1) is 15.4 Å². The van der Waals surface area contributed by atoms with Gasteiger partial charge in [-0.1, -0.05) is 36.7 Å². The fourth-order valence-corrected chi connectivity index (χ4v) is 4.05. The molecule has 0 radical (unpaired) electrons. The fourth-order valence-electron chi connectivity index (χ4n) is 2.84. The predicted octanol–water partition coefficient (Wildman–Crippen LogP) is 5.21. The number of nitrogens with one attached hydrogen (secondary N) is 1. The summed E-state index contributed by atoms with van der Waals surface area (Å²) in [6.07, 6.45) is 0. The van der Waals surface area contributed by atoms with E-state index in [1.54, 1.807) is 26.8 Å². The first-order valence-corrected chi connectivity index (χ1v) is 11.1. The van der Waals surface area contributed by atoms with Gasteiger partial charge in [0, 0.05) is 16.1 Å². The second kappa shape index (κ2) is 8.35. The van der Waals surface area contributed by atoms with Crippen LogP contribution in [0.25, 0.3) is 0 Å². The first-order chi connectivity index (χ1) is 14.4.